The number of benzene rings is 2. The van der Waals surface area contributed by atoms with E-state index >= 15 is 0 Å². The second kappa shape index (κ2) is 6.86. The molecule has 0 saturated carbocycles. The molecule has 0 radical (unpaired) electrons. The highest BCUT2D eigenvalue weighted by atomic mass is 16.7. The highest BCUT2D eigenvalue weighted by molar-refractivity contribution is 5.82. The molecule has 1 fully saturated rings. The molecule has 0 spiro atoms. The average Bonchev–Trinajstić information content (AvgIpc) is 3.27. The van der Waals surface area contributed by atoms with Crippen molar-refractivity contribution in [3.63, 3.8) is 0 Å². The van der Waals surface area contributed by atoms with Crippen molar-refractivity contribution < 1.29 is 14.4 Å². The van der Waals surface area contributed by atoms with E-state index in [4.69, 9.17) is 14.6 Å². The minimum absolute atomic E-state index is 0.131. The van der Waals surface area contributed by atoms with Crippen LogP contribution in [0.2, 0.25) is 0 Å². The first-order valence-corrected chi connectivity index (χ1v) is 8.58. The molecule has 0 atom stereocenters. The van der Waals surface area contributed by atoms with Crippen LogP contribution in [0.15, 0.2) is 54.6 Å². The Kier molecular flexibility index (Phi) is 4.40. The molecular formula is C19H19N3O4. The second-order valence-corrected chi connectivity index (χ2v) is 6.27. The predicted octanol–water partition coefficient (Wildman–Crippen LogP) is 2.95. The van der Waals surface area contributed by atoms with Crippen LogP contribution in [-0.2, 0) is 21.8 Å². The summed E-state index contributed by atoms with van der Waals surface area (Å²) in [6, 6.07) is 17.9. The number of aromatic nitrogens is 2. The van der Waals surface area contributed by atoms with E-state index in [2.05, 4.69) is 0 Å². The van der Waals surface area contributed by atoms with Gasteiger partial charge in [-0.05, 0) is 11.6 Å². The molecule has 0 bridgehead atoms. The minimum Gasteiger partial charge on any atom is -0.342 e. The number of hydrogen-bond acceptors (Lipinski definition) is 5. The third kappa shape index (κ3) is 3.07. The predicted molar refractivity (Wildman–Crippen MR) is 95.3 cm³/mol. The van der Waals surface area contributed by atoms with Gasteiger partial charge in [0.15, 0.2) is 0 Å². The summed E-state index contributed by atoms with van der Waals surface area (Å²) in [7, 11) is 0. The quantitative estimate of drug-likeness (QED) is 0.503. The molecule has 0 unspecified atom stereocenters. The van der Waals surface area contributed by atoms with Crippen LogP contribution in [-0.4, -0.2) is 34.5 Å². The summed E-state index contributed by atoms with van der Waals surface area (Å²) < 4.78 is 13.6. The maximum absolute atomic E-state index is 10.9. The van der Waals surface area contributed by atoms with Crippen LogP contribution < -0.4 is 0 Å². The van der Waals surface area contributed by atoms with Crippen molar-refractivity contribution in [2.75, 3.05) is 19.8 Å². The Morgan fingerprint density at radius 2 is 1.77 bits per heavy atom. The van der Waals surface area contributed by atoms with E-state index in [0.717, 1.165) is 16.5 Å². The van der Waals surface area contributed by atoms with Crippen LogP contribution in [0, 0.1) is 10.1 Å². The summed E-state index contributed by atoms with van der Waals surface area (Å²) in [6.07, 6.45) is 0.131. The van der Waals surface area contributed by atoms with Gasteiger partial charge in [-0.15, -0.1) is 0 Å². The van der Waals surface area contributed by atoms with E-state index in [9.17, 15) is 10.1 Å². The molecular weight excluding hydrogens is 334 g/mol. The van der Waals surface area contributed by atoms with Gasteiger partial charge in [0.25, 0.3) is 0 Å². The van der Waals surface area contributed by atoms with Gasteiger partial charge < -0.3 is 9.47 Å². The molecule has 4 rings (SSSR count). The number of nitrogens with zero attached hydrogens (tertiary/aromatic N) is 3. The Morgan fingerprint density at radius 3 is 2.50 bits per heavy atom. The number of fused-ring (bicyclic) bond motifs is 1. The van der Waals surface area contributed by atoms with Crippen molar-refractivity contribution >= 4 is 10.9 Å². The summed E-state index contributed by atoms with van der Waals surface area (Å²) in [5, 5.41) is 16.6. The van der Waals surface area contributed by atoms with Gasteiger partial charge in [0.05, 0.1) is 31.7 Å². The van der Waals surface area contributed by atoms with E-state index < -0.39 is 5.79 Å². The lowest BCUT2D eigenvalue weighted by Gasteiger charge is -2.24. The molecule has 26 heavy (non-hydrogen) atoms. The van der Waals surface area contributed by atoms with Crippen LogP contribution in [0.1, 0.15) is 17.7 Å². The average molecular weight is 353 g/mol. The van der Waals surface area contributed by atoms with Crippen molar-refractivity contribution in [1.82, 2.24) is 9.78 Å². The lowest BCUT2D eigenvalue weighted by atomic mass is 10.0. The fourth-order valence-corrected chi connectivity index (χ4v) is 3.38. The molecule has 1 aliphatic rings. The Hall–Kier alpha value is -2.77. The van der Waals surface area contributed by atoms with Gasteiger partial charge in [0.2, 0.25) is 12.3 Å². The van der Waals surface area contributed by atoms with Crippen LogP contribution in [0.25, 0.3) is 10.9 Å². The lowest BCUT2D eigenvalue weighted by molar-refractivity contribution is -0.487. The molecule has 0 aliphatic carbocycles. The van der Waals surface area contributed by atoms with Gasteiger partial charge in [-0.2, -0.15) is 5.10 Å². The van der Waals surface area contributed by atoms with E-state index in [1.165, 1.54) is 0 Å². The van der Waals surface area contributed by atoms with E-state index in [0.29, 0.717) is 25.5 Å². The van der Waals surface area contributed by atoms with Crippen molar-refractivity contribution in [1.29, 1.82) is 0 Å². The summed E-state index contributed by atoms with van der Waals surface area (Å²) in [4.78, 5) is 10.6. The summed E-state index contributed by atoms with van der Waals surface area (Å²) >= 11 is 0. The van der Waals surface area contributed by atoms with Crippen LogP contribution >= 0.6 is 0 Å². The first-order chi connectivity index (χ1) is 12.7. The van der Waals surface area contributed by atoms with Gasteiger partial charge in [0, 0.05) is 10.3 Å². The lowest BCUT2D eigenvalue weighted by Crippen LogP contribution is -2.31. The summed E-state index contributed by atoms with van der Waals surface area (Å²) in [5.41, 5.74) is 2.69. The number of para-hydroxylation sites is 1. The number of rotatable bonds is 6. The fraction of sp³-hybridized carbons (Fsp3) is 0.316. The smallest absolute Gasteiger partial charge is 0.221 e. The highest BCUT2D eigenvalue weighted by Gasteiger charge is 2.43. The first-order valence-electron chi connectivity index (χ1n) is 8.58. The third-order valence-corrected chi connectivity index (χ3v) is 4.57. The van der Waals surface area contributed by atoms with Crippen LogP contribution in [0.5, 0.6) is 0 Å². The van der Waals surface area contributed by atoms with Crippen molar-refractivity contribution in [3.05, 3.63) is 76.0 Å². The number of ether oxygens (including phenoxy) is 2. The zero-order valence-corrected chi connectivity index (χ0v) is 14.2. The molecule has 134 valence electrons. The number of hydrogen-bond donors (Lipinski definition) is 0. The molecule has 0 N–H and O–H groups in total. The molecule has 1 saturated heterocycles. The fourth-order valence-electron chi connectivity index (χ4n) is 3.38. The molecule has 1 aliphatic heterocycles. The van der Waals surface area contributed by atoms with Crippen molar-refractivity contribution in [2.45, 2.75) is 18.8 Å². The standard InChI is InChI=1S/C19H19N3O4/c23-22(24)11-10-19(25-12-13-26-19)18-16-8-4-5-9-17(16)21(20-18)14-15-6-2-1-3-7-15/h1-9H,10-14H2. The Labute approximate surface area is 150 Å². The zero-order valence-electron chi connectivity index (χ0n) is 14.2. The van der Waals surface area contributed by atoms with Gasteiger partial charge in [0.1, 0.15) is 5.69 Å². The molecule has 2 aromatic carbocycles. The van der Waals surface area contributed by atoms with Gasteiger partial charge >= 0.3 is 0 Å². The van der Waals surface area contributed by atoms with E-state index in [-0.39, 0.29) is 17.9 Å². The topological polar surface area (TPSA) is 79.4 Å². The molecule has 0 amide bonds. The summed E-state index contributed by atoms with van der Waals surface area (Å²) in [5.74, 6) is -1.16. The Bertz CT molecular complexity index is 917. The maximum atomic E-state index is 10.9. The van der Waals surface area contributed by atoms with E-state index in [1.807, 2.05) is 59.3 Å². The van der Waals surface area contributed by atoms with Gasteiger partial charge in [-0.3, -0.25) is 14.8 Å². The highest BCUT2D eigenvalue weighted by Crippen LogP contribution is 2.38. The molecule has 1 aromatic heterocycles. The monoisotopic (exact) mass is 353 g/mol. The van der Waals surface area contributed by atoms with Crippen LogP contribution in [0.3, 0.4) is 0 Å². The molecule has 2 heterocycles. The second-order valence-electron chi connectivity index (χ2n) is 6.27. The Balaban J connectivity index is 1.78. The molecule has 7 heteroatoms. The van der Waals surface area contributed by atoms with Crippen molar-refractivity contribution in [2.24, 2.45) is 0 Å². The maximum Gasteiger partial charge on any atom is 0.221 e. The largest absolute Gasteiger partial charge is 0.342 e. The van der Waals surface area contributed by atoms with Crippen molar-refractivity contribution in [3.8, 4) is 0 Å². The zero-order chi connectivity index (χ0) is 18.0. The Morgan fingerprint density at radius 1 is 1.08 bits per heavy atom. The molecule has 3 aromatic rings. The molecule has 7 nitrogen and oxygen atoms in total. The third-order valence-electron chi connectivity index (χ3n) is 4.57. The van der Waals surface area contributed by atoms with Gasteiger partial charge in [-0.1, -0.05) is 48.5 Å². The van der Waals surface area contributed by atoms with E-state index in [1.54, 1.807) is 0 Å². The minimum atomic E-state index is -1.16. The van der Waals surface area contributed by atoms with Crippen LogP contribution in [0.4, 0.5) is 0 Å². The van der Waals surface area contributed by atoms with Gasteiger partial charge in [-0.25, -0.2) is 0 Å². The summed E-state index contributed by atoms with van der Waals surface area (Å²) in [6.45, 7) is 1.17. The first kappa shape index (κ1) is 16.7. The normalized spacial score (nSPS) is 16.2. The number of nitro groups is 1. The SMILES string of the molecule is O=[N+]([O-])CCC1(c2nn(Cc3ccccc3)c3ccccc23)OCCO1.